The van der Waals surface area contributed by atoms with Gasteiger partial charge in [0.15, 0.2) is 5.50 Å². The molecule has 1 amide bonds. The zero-order valence-electron chi connectivity index (χ0n) is 16.1. The molecule has 12 nitrogen and oxygen atoms in total. The van der Waals surface area contributed by atoms with Crippen LogP contribution in [0, 0.1) is 20.2 Å². The first-order chi connectivity index (χ1) is 15.3. The van der Waals surface area contributed by atoms with Gasteiger partial charge in [0.25, 0.3) is 5.69 Å². The van der Waals surface area contributed by atoms with Crippen molar-refractivity contribution in [3.63, 3.8) is 0 Å². The molecule has 1 fully saturated rings. The van der Waals surface area contributed by atoms with Gasteiger partial charge in [0, 0.05) is 29.6 Å². The number of rotatable bonds is 6. The lowest BCUT2D eigenvalue weighted by Crippen LogP contribution is -2.23. The van der Waals surface area contributed by atoms with Crippen molar-refractivity contribution in [2.75, 3.05) is 5.75 Å². The highest BCUT2D eigenvalue weighted by Crippen LogP contribution is 2.33. The third-order valence-electron chi connectivity index (χ3n) is 4.52. The van der Waals surface area contributed by atoms with Gasteiger partial charge in [-0.05, 0) is 18.2 Å². The normalized spacial score (nSPS) is 15.8. The first-order valence-corrected chi connectivity index (χ1v) is 10.1. The van der Waals surface area contributed by atoms with Gasteiger partial charge in [-0.1, -0.05) is 12.1 Å². The molecule has 0 saturated carbocycles. The lowest BCUT2D eigenvalue weighted by molar-refractivity contribution is -0.394. The first-order valence-electron chi connectivity index (χ1n) is 9.09. The van der Waals surface area contributed by atoms with Crippen LogP contribution in [0.3, 0.4) is 0 Å². The number of phenolic OH excluding ortho intramolecular Hbond substituents is 1. The molecule has 1 aliphatic heterocycles. The molecule has 1 aromatic heterocycles. The molecule has 2 aromatic carbocycles. The number of hydrogen-bond acceptors (Lipinski definition) is 9. The Balaban J connectivity index is 1.83. The van der Waals surface area contributed by atoms with Gasteiger partial charge in [0.2, 0.25) is 5.91 Å². The SMILES string of the molecule is O=C1CSC(N=Cc2cn(-c3ccc([N+](=O)[O-])cc3[N+](=O)[O-])nc2-c2ccccc2O)N1. The summed E-state index contributed by atoms with van der Waals surface area (Å²) >= 11 is 1.30. The summed E-state index contributed by atoms with van der Waals surface area (Å²) in [6, 6.07) is 9.64. The Morgan fingerprint density at radius 1 is 1.22 bits per heavy atom. The van der Waals surface area contributed by atoms with Crippen molar-refractivity contribution < 1.29 is 19.7 Å². The van der Waals surface area contributed by atoms with Crippen LogP contribution >= 0.6 is 11.8 Å². The summed E-state index contributed by atoms with van der Waals surface area (Å²) in [5, 5.41) is 39.9. The Kier molecular flexibility index (Phi) is 5.55. The summed E-state index contributed by atoms with van der Waals surface area (Å²) in [6.45, 7) is 0. The second-order valence-corrected chi connectivity index (χ2v) is 7.66. The Bertz CT molecular complexity index is 1270. The Hall–Kier alpha value is -4.26. The van der Waals surface area contributed by atoms with Crippen molar-refractivity contribution >= 4 is 35.3 Å². The number of aliphatic imine (C=N–C) groups is 1. The summed E-state index contributed by atoms with van der Waals surface area (Å²) in [4.78, 5) is 36.8. The lowest BCUT2D eigenvalue weighted by Gasteiger charge is -2.04. The van der Waals surface area contributed by atoms with Crippen LogP contribution in [-0.4, -0.2) is 48.1 Å². The Labute approximate surface area is 183 Å². The van der Waals surface area contributed by atoms with Gasteiger partial charge in [0.05, 0.1) is 21.7 Å². The van der Waals surface area contributed by atoms with E-state index in [1.54, 1.807) is 18.2 Å². The molecule has 1 atom stereocenters. The Morgan fingerprint density at radius 3 is 2.66 bits per heavy atom. The topological polar surface area (TPSA) is 166 Å². The van der Waals surface area contributed by atoms with E-state index in [1.807, 2.05) is 0 Å². The van der Waals surface area contributed by atoms with E-state index < -0.39 is 26.7 Å². The summed E-state index contributed by atoms with van der Waals surface area (Å²) in [6.07, 6.45) is 2.91. The van der Waals surface area contributed by atoms with Gasteiger partial charge in [-0.2, -0.15) is 5.10 Å². The summed E-state index contributed by atoms with van der Waals surface area (Å²) in [7, 11) is 0. The molecular formula is C19H14N6O6S. The Morgan fingerprint density at radius 2 is 2.00 bits per heavy atom. The zero-order chi connectivity index (χ0) is 22.8. The summed E-state index contributed by atoms with van der Waals surface area (Å²) < 4.78 is 1.20. The third kappa shape index (κ3) is 4.13. The van der Waals surface area contributed by atoms with Gasteiger partial charge in [-0.3, -0.25) is 30.0 Å². The van der Waals surface area contributed by atoms with Gasteiger partial charge < -0.3 is 10.4 Å². The van der Waals surface area contributed by atoms with Crippen molar-refractivity contribution in [3.05, 3.63) is 74.5 Å². The van der Waals surface area contributed by atoms with E-state index in [0.717, 1.165) is 12.1 Å². The highest BCUT2D eigenvalue weighted by molar-refractivity contribution is 8.01. The number of nitrogens with zero attached hydrogens (tertiary/aromatic N) is 5. The minimum atomic E-state index is -0.734. The van der Waals surface area contributed by atoms with Gasteiger partial charge >= 0.3 is 5.69 Å². The van der Waals surface area contributed by atoms with Crippen LogP contribution in [-0.2, 0) is 4.79 Å². The van der Waals surface area contributed by atoms with Crippen molar-refractivity contribution in [2.24, 2.45) is 4.99 Å². The van der Waals surface area contributed by atoms with Gasteiger partial charge in [0.1, 0.15) is 17.1 Å². The van der Waals surface area contributed by atoms with E-state index >= 15 is 0 Å². The molecule has 1 aliphatic rings. The number of phenols is 1. The molecular weight excluding hydrogens is 440 g/mol. The number of nitrogens with one attached hydrogen (secondary N) is 1. The van der Waals surface area contributed by atoms with E-state index in [1.165, 1.54) is 41.0 Å². The molecule has 13 heteroatoms. The first kappa shape index (κ1) is 21.0. The maximum absolute atomic E-state index is 11.5. The maximum atomic E-state index is 11.5. The van der Waals surface area contributed by atoms with Crippen molar-refractivity contribution in [2.45, 2.75) is 5.50 Å². The molecule has 2 N–H and O–H groups in total. The largest absolute Gasteiger partial charge is 0.507 e. The molecule has 2 heterocycles. The predicted octanol–water partition coefficient (Wildman–Crippen LogP) is 2.63. The lowest BCUT2D eigenvalue weighted by atomic mass is 10.1. The van der Waals surface area contributed by atoms with Crippen LogP contribution in [0.5, 0.6) is 5.75 Å². The molecule has 0 bridgehead atoms. The average molecular weight is 454 g/mol. The number of hydrogen-bond donors (Lipinski definition) is 2. The molecule has 0 aliphatic carbocycles. The smallest absolute Gasteiger partial charge is 0.301 e. The zero-order valence-corrected chi connectivity index (χ0v) is 16.9. The minimum Gasteiger partial charge on any atom is -0.507 e. The molecule has 32 heavy (non-hydrogen) atoms. The van der Waals surface area contributed by atoms with Crippen LogP contribution in [0.1, 0.15) is 5.56 Å². The highest BCUT2D eigenvalue weighted by atomic mass is 32.2. The summed E-state index contributed by atoms with van der Waals surface area (Å²) in [5.74, 6) is 0.0761. The predicted molar refractivity (Wildman–Crippen MR) is 116 cm³/mol. The van der Waals surface area contributed by atoms with Crippen LogP contribution in [0.4, 0.5) is 11.4 Å². The van der Waals surface area contributed by atoms with Crippen molar-refractivity contribution in [1.82, 2.24) is 15.1 Å². The highest BCUT2D eigenvalue weighted by Gasteiger charge is 2.24. The van der Waals surface area contributed by atoms with Crippen molar-refractivity contribution in [1.29, 1.82) is 0 Å². The van der Waals surface area contributed by atoms with E-state index in [9.17, 15) is 30.1 Å². The van der Waals surface area contributed by atoms with E-state index in [2.05, 4.69) is 15.4 Å². The molecule has 0 radical (unpaired) electrons. The van der Waals surface area contributed by atoms with E-state index in [4.69, 9.17) is 0 Å². The number of amides is 1. The molecule has 0 spiro atoms. The number of thioether (sulfide) groups is 1. The number of carbonyl (C=O) groups is 1. The quantitative estimate of drug-likeness (QED) is 0.326. The number of nitro benzene ring substituents is 2. The van der Waals surface area contributed by atoms with Gasteiger partial charge in [-0.15, -0.1) is 11.8 Å². The third-order valence-corrected chi connectivity index (χ3v) is 5.50. The number of non-ortho nitro benzene ring substituents is 1. The minimum absolute atomic E-state index is 0.000431. The molecule has 1 unspecified atom stereocenters. The number of para-hydroxylation sites is 1. The van der Waals surface area contributed by atoms with Gasteiger partial charge in [-0.25, -0.2) is 4.68 Å². The molecule has 162 valence electrons. The van der Waals surface area contributed by atoms with Crippen LogP contribution in [0.25, 0.3) is 16.9 Å². The fourth-order valence-electron chi connectivity index (χ4n) is 3.06. The fraction of sp³-hybridized carbons (Fsp3) is 0.105. The molecule has 4 rings (SSSR count). The number of benzene rings is 2. The maximum Gasteiger partial charge on any atom is 0.301 e. The second kappa shape index (κ2) is 8.47. The fourth-order valence-corrected chi connectivity index (χ4v) is 3.81. The van der Waals surface area contributed by atoms with Crippen LogP contribution < -0.4 is 5.32 Å². The average Bonchev–Trinajstić information content (AvgIpc) is 3.38. The molecule has 3 aromatic rings. The molecule has 1 saturated heterocycles. The van der Waals surface area contributed by atoms with Crippen LogP contribution in [0.2, 0.25) is 0 Å². The van der Waals surface area contributed by atoms with Crippen molar-refractivity contribution in [3.8, 4) is 22.7 Å². The van der Waals surface area contributed by atoms with Crippen LogP contribution in [0.15, 0.2) is 53.7 Å². The van der Waals surface area contributed by atoms with E-state index in [-0.39, 0.29) is 28.8 Å². The standard InChI is InChI=1S/C19H14N6O6S/c26-16-4-2-1-3-13(16)18-11(8-20-19-21-17(27)10-32-19)9-23(22-18)14-6-5-12(24(28)29)7-15(14)25(30)31/h1-9,19,26H,10H2,(H,21,27). The monoisotopic (exact) mass is 454 g/mol. The number of carbonyl (C=O) groups excluding carboxylic acids is 1. The second-order valence-electron chi connectivity index (χ2n) is 6.59. The van der Waals surface area contributed by atoms with E-state index in [0.29, 0.717) is 11.1 Å². The number of nitro groups is 2. The number of aromatic nitrogens is 2. The number of aromatic hydroxyl groups is 1. The summed E-state index contributed by atoms with van der Waals surface area (Å²) in [5.41, 5.74) is -0.357.